The van der Waals surface area contributed by atoms with Gasteiger partial charge in [0.15, 0.2) is 21.5 Å². The number of anilines is 1. The molecule has 9 nitrogen and oxygen atoms in total. The van der Waals surface area contributed by atoms with Gasteiger partial charge in [-0.25, -0.2) is 22.8 Å². The molecule has 2 saturated heterocycles. The van der Waals surface area contributed by atoms with Crippen LogP contribution in [0, 0.1) is 11.2 Å². The Morgan fingerprint density at radius 2 is 1.80 bits per heavy atom. The Morgan fingerprint density at radius 3 is 2.51 bits per heavy atom. The lowest BCUT2D eigenvalue weighted by atomic mass is 9.57. The molecule has 3 aromatic rings. The van der Waals surface area contributed by atoms with Crippen molar-refractivity contribution in [3.63, 3.8) is 0 Å². The smallest absolute Gasteiger partial charge is 0.225 e. The van der Waals surface area contributed by atoms with Crippen LogP contribution in [0.15, 0.2) is 30.6 Å². The molecule has 35 heavy (non-hydrogen) atoms. The molecule has 0 atom stereocenters. The van der Waals surface area contributed by atoms with Crippen molar-refractivity contribution in [3.05, 3.63) is 58.6 Å². The first kappa shape index (κ1) is 21.6. The van der Waals surface area contributed by atoms with Gasteiger partial charge in [0.05, 0.1) is 36.1 Å². The minimum absolute atomic E-state index is 0.0138. The van der Waals surface area contributed by atoms with Crippen LogP contribution in [0.3, 0.4) is 0 Å². The molecule has 0 amide bonds. The summed E-state index contributed by atoms with van der Waals surface area (Å²) in [6.45, 7) is 2.88. The van der Waals surface area contributed by atoms with E-state index in [-0.39, 0.29) is 28.9 Å². The second-order valence-electron chi connectivity index (χ2n) is 10.4. The fraction of sp³-hybridized carbons (Fsp3) is 0.478. The van der Waals surface area contributed by atoms with Crippen molar-refractivity contribution in [1.29, 1.82) is 0 Å². The van der Waals surface area contributed by atoms with Crippen LogP contribution in [-0.2, 0) is 22.9 Å². The Balaban J connectivity index is 1.14. The molecule has 5 heterocycles. The number of fused-ring (bicyclic) bond motifs is 3. The van der Waals surface area contributed by atoms with Crippen LogP contribution in [0.5, 0.6) is 0 Å². The average Bonchev–Trinajstić information content (AvgIpc) is 3.06. The Bertz CT molecular complexity index is 1420. The van der Waals surface area contributed by atoms with Gasteiger partial charge < -0.3 is 4.90 Å². The molecule has 3 aliphatic heterocycles. The van der Waals surface area contributed by atoms with Gasteiger partial charge in [-0.05, 0) is 36.6 Å². The van der Waals surface area contributed by atoms with Crippen molar-refractivity contribution in [1.82, 2.24) is 29.6 Å². The summed E-state index contributed by atoms with van der Waals surface area (Å²) in [7, 11) is -2.94. The molecule has 12 heteroatoms. The van der Waals surface area contributed by atoms with Crippen molar-refractivity contribution < 1.29 is 12.8 Å². The van der Waals surface area contributed by atoms with E-state index in [0.29, 0.717) is 24.1 Å². The third kappa shape index (κ3) is 3.54. The van der Waals surface area contributed by atoms with Crippen LogP contribution in [0.4, 0.5) is 10.3 Å². The van der Waals surface area contributed by atoms with Crippen LogP contribution in [0.1, 0.15) is 36.0 Å². The van der Waals surface area contributed by atoms with E-state index in [0.717, 1.165) is 48.8 Å². The van der Waals surface area contributed by atoms with Gasteiger partial charge in [-0.3, -0.25) is 9.47 Å². The summed E-state index contributed by atoms with van der Waals surface area (Å²) in [5.74, 6) is 2.58. The predicted molar refractivity (Wildman–Crippen MR) is 127 cm³/mol. The van der Waals surface area contributed by atoms with Crippen molar-refractivity contribution in [3.8, 4) is 5.69 Å². The van der Waals surface area contributed by atoms with E-state index < -0.39 is 15.7 Å². The summed E-state index contributed by atoms with van der Waals surface area (Å²) >= 11 is 6.34. The Kier molecular flexibility index (Phi) is 4.60. The number of aromatic nitrogens is 5. The van der Waals surface area contributed by atoms with E-state index in [1.165, 1.54) is 12.4 Å². The van der Waals surface area contributed by atoms with Crippen LogP contribution in [0.2, 0.25) is 5.02 Å². The third-order valence-electron chi connectivity index (χ3n) is 7.83. The Hall–Kier alpha value is -2.63. The van der Waals surface area contributed by atoms with Crippen molar-refractivity contribution >= 4 is 27.4 Å². The molecule has 0 radical (unpaired) electrons. The number of sulfone groups is 1. The summed E-state index contributed by atoms with van der Waals surface area (Å²) < 4.78 is 38.9. The fourth-order valence-electron chi connectivity index (χ4n) is 6.12. The minimum Gasteiger partial charge on any atom is -0.340 e. The van der Waals surface area contributed by atoms with Gasteiger partial charge in [0.25, 0.3) is 0 Å². The zero-order valence-electron chi connectivity index (χ0n) is 18.8. The Labute approximate surface area is 206 Å². The maximum Gasteiger partial charge on any atom is 0.225 e. The minimum atomic E-state index is -2.94. The lowest BCUT2D eigenvalue weighted by Gasteiger charge is -2.58. The first-order valence-corrected chi connectivity index (χ1v) is 13.9. The maximum absolute atomic E-state index is 13.1. The Morgan fingerprint density at radius 1 is 1.06 bits per heavy atom. The third-order valence-corrected chi connectivity index (χ3v) is 9.85. The molecule has 0 bridgehead atoms. The van der Waals surface area contributed by atoms with Gasteiger partial charge in [-0.2, -0.15) is 0 Å². The predicted octanol–water partition coefficient (Wildman–Crippen LogP) is 2.35. The van der Waals surface area contributed by atoms with E-state index in [2.05, 4.69) is 34.5 Å². The van der Waals surface area contributed by atoms with E-state index in [9.17, 15) is 12.8 Å². The molecule has 1 aromatic carbocycles. The van der Waals surface area contributed by atoms with Gasteiger partial charge in [-0.1, -0.05) is 11.6 Å². The van der Waals surface area contributed by atoms with E-state index >= 15 is 0 Å². The second-order valence-corrected chi connectivity index (χ2v) is 13.0. The lowest BCUT2D eigenvalue weighted by molar-refractivity contribution is 0.0574. The zero-order chi connectivity index (χ0) is 23.9. The molecule has 4 aliphatic rings. The molecule has 0 N–H and O–H groups in total. The molecule has 7 rings (SSSR count). The molecule has 182 valence electrons. The molecular weight excluding hydrogens is 493 g/mol. The number of hydrogen-bond acceptors (Lipinski definition) is 8. The van der Waals surface area contributed by atoms with Gasteiger partial charge in [0.1, 0.15) is 5.82 Å². The normalized spacial score (nSPS) is 24.6. The summed E-state index contributed by atoms with van der Waals surface area (Å²) in [6.07, 6.45) is 4.40. The molecule has 0 unspecified atom stereocenters. The first-order valence-electron chi connectivity index (χ1n) is 11.7. The number of hydrogen-bond donors (Lipinski definition) is 0. The number of nitrogens with zero attached hydrogens (tertiary/aromatic N) is 7. The van der Waals surface area contributed by atoms with Crippen LogP contribution in [0.25, 0.3) is 5.69 Å². The van der Waals surface area contributed by atoms with Gasteiger partial charge in [-0.15, -0.1) is 10.2 Å². The first-order chi connectivity index (χ1) is 16.8. The average molecular weight is 516 g/mol. The maximum atomic E-state index is 13.1. The van der Waals surface area contributed by atoms with Gasteiger partial charge >= 0.3 is 0 Å². The van der Waals surface area contributed by atoms with E-state index in [4.69, 9.17) is 11.6 Å². The van der Waals surface area contributed by atoms with E-state index in [1.807, 2.05) is 18.2 Å². The van der Waals surface area contributed by atoms with Crippen LogP contribution < -0.4 is 4.90 Å². The van der Waals surface area contributed by atoms with E-state index in [1.54, 1.807) is 0 Å². The molecule has 1 spiro atoms. The molecule has 1 aliphatic carbocycles. The monoisotopic (exact) mass is 515 g/mol. The summed E-state index contributed by atoms with van der Waals surface area (Å²) in [6, 6.07) is 5.84. The molecule has 3 fully saturated rings. The highest BCUT2D eigenvalue weighted by molar-refractivity contribution is 7.92. The molecule has 1 saturated carbocycles. The lowest BCUT2D eigenvalue weighted by Crippen LogP contribution is -2.62. The zero-order valence-corrected chi connectivity index (χ0v) is 20.4. The topological polar surface area (TPSA) is 97.1 Å². The highest BCUT2D eigenvalue weighted by Gasteiger charge is 2.55. The highest BCUT2D eigenvalue weighted by Crippen LogP contribution is 2.56. The molecular formula is C23H23ClFN7O2S. The molecule has 2 aromatic heterocycles. The van der Waals surface area contributed by atoms with Crippen molar-refractivity contribution in [2.24, 2.45) is 5.41 Å². The quantitative estimate of drug-likeness (QED) is 0.524. The largest absolute Gasteiger partial charge is 0.340 e. The fourth-order valence-corrected chi connectivity index (χ4v) is 7.81. The summed E-state index contributed by atoms with van der Waals surface area (Å²) in [4.78, 5) is 12.5. The number of rotatable bonds is 3. The number of halogens is 2. The van der Waals surface area contributed by atoms with Crippen molar-refractivity contribution in [2.75, 3.05) is 29.5 Å². The second kappa shape index (κ2) is 7.44. The summed E-state index contributed by atoms with van der Waals surface area (Å²) in [5, 5.41) is 9.82. The SMILES string of the molecule is O=S1(=O)CC(N2Cc3cc(Cl)ccc3-n3c(nnc3C3CC4(C3)CN(c3ncc(F)cn3)C4)C2)C1. The van der Waals surface area contributed by atoms with Crippen LogP contribution >= 0.6 is 11.6 Å². The standard InChI is InChI=1S/C23H23ClFN7O2S/c24-16-1-2-19-14(3-16)8-30(18-10-35(33,34)11-18)9-20-28-29-21(32(19)20)15-4-23(5-15)12-31(13-23)22-26-6-17(25)7-27-22/h1-3,6-7,15,18H,4-5,8-13H2. The van der Waals surface area contributed by atoms with Crippen molar-refractivity contribution in [2.45, 2.75) is 37.9 Å². The summed E-state index contributed by atoms with van der Waals surface area (Å²) in [5.41, 5.74) is 2.28. The highest BCUT2D eigenvalue weighted by atomic mass is 35.5. The van der Waals surface area contributed by atoms with Crippen LogP contribution in [-0.4, -0.2) is 68.7 Å². The number of benzene rings is 1. The van der Waals surface area contributed by atoms with Gasteiger partial charge in [0, 0.05) is 42.0 Å². The van der Waals surface area contributed by atoms with Gasteiger partial charge in [0.2, 0.25) is 5.95 Å².